The molecule has 20 heavy (non-hydrogen) atoms. The van der Waals surface area contributed by atoms with Crippen LogP contribution in [0.5, 0.6) is 0 Å². The lowest BCUT2D eigenvalue weighted by atomic mass is 10.1. The molecule has 110 valence electrons. The summed E-state index contributed by atoms with van der Waals surface area (Å²) < 4.78 is 0. The smallest absolute Gasteiger partial charge is 0.0540 e. The number of aliphatic hydroxyl groups is 1. The summed E-state index contributed by atoms with van der Waals surface area (Å²) in [6.07, 6.45) is 3.88. The van der Waals surface area contributed by atoms with Gasteiger partial charge in [-0.25, -0.2) is 0 Å². The highest BCUT2D eigenvalue weighted by atomic mass is 32.2. The number of rotatable bonds is 7. The summed E-state index contributed by atoms with van der Waals surface area (Å²) in [5.74, 6) is 7.17. The second kappa shape index (κ2) is 9.88. The maximum absolute atomic E-state index is 8.70. The van der Waals surface area contributed by atoms with Gasteiger partial charge in [0.15, 0.2) is 0 Å². The van der Waals surface area contributed by atoms with Crippen LogP contribution in [0.15, 0.2) is 24.3 Å². The number of thioether (sulfide) groups is 1. The zero-order valence-electron chi connectivity index (χ0n) is 12.7. The Morgan fingerprint density at radius 3 is 2.55 bits per heavy atom. The monoisotopic (exact) mass is 291 g/mol. The Morgan fingerprint density at radius 1 is 1.30 bits per heavy atom. The van der Waals surface area contributed by atoms with E-state index in [0.717, 1.165) is 12.1 Å². The van der Waals surface area contributed by atoms with Gasteiger partial charge in [-0.15, -0.1) is 0 Å². The molecule has 1 atom stereocenters. The van der Waals surface area contributed by atoms with Gasteiger partial charge in [-0.1, -0.05) is 30.9 Å². The van der Waals surface area contributed by atoms with Gasteiger partial charge in [-0.05, 0) is 37.4 Å². The van der Waals surface area contributed by atoms with Crippen LogP contribution in [0.2, 0.25) is 0 Å². The quantitative estimate of drug-likeness (QED) is 0.781. The van der Waals surface area contributed by atoms with Crippen molar-refractivity contribution in [3.8, 4) is 11.8 Å². The molecule has 0 saturated heterocycles. The van der Waals surface area contributed by atoms with Crippen LogP contribution in [-0.4, -0.2) is 41.7 Å². The van der Waals surface area contributed by atoms with E-state index in [1.54, 1.807) is 0 Å². The van der Waals surface area contributed by atoms with Crippen molar-refractivity contribution in [1.29, 1.82) is 0 Å². The van der Waals surface area contributed by atoms with E-state index in [2.05, 4.69) is 61.2 Å². The van der Waals surface area contributed by atoms with E-state index in [9.17, 15) is 0 Å². The van der Waals surface area contributed by atoms with E-state index in [4.69, 9.17) is 5.11 Å². The molecule has 0 amide bonds. The summed E-state index contributed by atoms with van der Waals surface area (Å²) >= 11 is 1.91. The number of hydrogen-bond acceptors (Lipinski definition) is 3. The van der Waals surface area contributed by atoms with E-state index in [-0.39, 0.29) is 6.61 Å². The van der Waals surface area contributed by atoms with Crippen molar-refractivity contribution in [3.05, 3.63) is 35.4 Å². The van der Waals surface area contributed by atoms with Crippen LogP contribution in [0.3, 0.4) is 0 Å². The van der Waals surface area contributed by atoms with Crippen LogP contribution in [-0.2, 0) is 6.54 Å². The summed E-state index contributed by atoms with van der Waals surface area (Å²) in [4.78, 5) is 2.42. The van der Waals surface area contributed by atoms with Crippen LogP contribution >= 0.6 is 11.8 Å². The van der Waals surface area contributed by atoms with Crippen molar-refractivity contribution in [3.63, 3.8) is 0 Å². The minimum Gasteiger partial charge on any atom is -0.395 e. The van der Waals surface area contributed by atoms with Crippen LogP contribution < -0.4 is 0 Å². The molecule has 0 aliphatic carbocycles. The minimum absolute atomic E-state index is 0.129. The zero-order valence-corrected chi connectivity index (χ0v) is 13.5. The van der Waals surface area contributed by atoms with E-state index in [0.29, 0.717) is 12.5 Å². The fourth-order valence-corrected chi connectivity index (χ4v) is 2.96. The standard InChI is InChI=1S/C17H25NOS/c1-4-17(14-20-3)18(2)13-16-10-8-15(9-11-16)7-5-6-12-19/h8-11,17,19H,4,6,12-14H2,1-3H3. The molecular weight excluding hydrogens is 266 g/mol. The molecule has 0 saturated carbocycles. The molecule has 0 fully saturated rings. The average molecular weight is 291 g/mol. The highest BCUT2D eigenvalue weighted by Gasteiger charge is 2.11. The van der Waals surface area contributed by atoms with Gasteiger partial charge in [0.2, 0.25) is 0 Å². The number of benzene rings is 1. The fourth-order valence-electron chi connectivity index (χ4n) is 2.08. The van der Waals surface area contributed by atoms with Crippen molar-refractivity contribution in [2.45, 2.75) is 32.4 Å². The van der Waals surface area contributed by atoms with Crippen LogP contribution in [0.1, 0.15) is 30.9 Å². The lowest BCUT2D eigenvalue weighted by Crippen LogP contribution is -2.32. The van der Waals surface area contributed by atoms with E-state index in [1.165, 1.54) is 17.7 Å². The maximum atomic E-state index is 8.70. The lowest BCUT2D eigenvalue weighted by molar-refractivity contribution is 0.248. The van der Waals surface area contributed by atoms with Gasteiger partial charge in [0, 0.05) is 30.3 Å². The van der Waals surface area contributed by atoms with Gasteiger partial charge < -0.3 is 5.11 Å². The molecular formula is C17H25NOS. The van der Waals surface area contributed by atoms with Crippen molar-refractivity contribution in [2.24, 2.45) is 0 Å². The molecule has 0 radical (unpaired) electrons. The molecule has 1 N–H and O–H groups in total. The van der Waals surface area contributed by atoms with Crippen LogP contribution in [0.4, 0.5) is 0 Å². The zero-order chi connectivity index (χ0) is 14.8. The predicted octanol–water partition coefficient (Wildman–Crippen LogP) is 2.99. The summed E-state index contributed by atoms with van der Waals surface area (Å²) in [7, 11) is 2.19. The topological polar surface area (TPSA) is 23.5 Å². The molecule has 1 aromatic rings. The third-order valence-electron chi connectivity index (χ3n) is 3.31. The molecule has 3 heteroatoms. The second-order valence-corrected chi connectivity index (χ2v) is 5.82. The Labute approximate surface area is 127 Å². The number of nitrogens with zero attached hydrogens (tertiary/aromatic N) is 1. The predicted molar refractivity (Wildman–Crippen MR) is 89.0 cm³/mol. The highest BCUT2D eigenvalue weighted by Crippen LogP contribution is 2.13. The molecule has 0 heterocycles. The van der Waals surface area contributed by atoms with Gasteiger partial charge in [0.05, 0.1) is 6.61 Å². The molecule has 1 unspecified atom stereocenters. The molecule has 0 bridgehead atoms. The summed E-state index contributed by atoms with van der Waals surface area (Å²) in [5.41, 5.74) is 2.33. The molecule has 0 aromatic heterocycles. The summed E-state index contributed by atoms with van der Waals surface area (Å²) in [6.45, 7) is 3.35. The first-order chi connectivity index (χ1) is 9.71. The molecule has 2 nitrogen and oxygen atoms in total. The Morgan fingerprint density at radius 2 is 2.00 bits per heavy atom. The molecule has 0 aliphatic heterocycles. The maximum Gasteiger partial charge on any atom is 0.0540 e. The Balaban J connectivity index is 2.58. The first kappa shape index (κ1) is 17.1. The highest BCUT2D eigenvalue weighted by molar-refractivity contribution is 7.98. The van der Waals surface area contributed by atoms with Gasteiger partial charge in [-0.3, -0.25) is 4.90 Å². The number of aliphatic hydroxyl groups excluding tert-OH is 1. The second-order valence-electron chi connectivity index (χ2n) is 4.90. The van der Waals surface area contributed by atoms with Crippen molar-refractivity contribution < 1.29 is 5.11 Å². The summed E-state index contributed by atoms with van der Waals surface area (Å²) in [5, 5.41) is 8.70. The normalized spacial score (nSPS) is 12.1. The Hall–Kier alpha value is -0.950. The summed E-state index contributed by atoms with van der Waals surface area (Å²) in [6, 6.07) is 9.04. The largest absolute Gasteiger partial charge is 0.395 e. The Kier molecular flexibility index (Phi) is 8.45. The van der Waals surface area contributed by atoms with Gasteiger partial charge in [-0.2, -0.15) is 11.8 Å². The molecule has 0 spiro atoms. The average Bonchev–Trinajstić information content (AvgIpc) is 2.46. The third-order valence-corrected chi connectivity index (χ3v) is 4.03. The number of hydrogen-bond donors (Lipinski definition) is 1. The van der Waals surface area contributed by atoms with E-state index in [1.807, 2.05) is 11.8 Å². The van der Waals surface area contributed by atoms with Gasteiger partial charge in [0.25, 0.3) is 0 Å². The van der Waals surface area contributed by atoms with Gasteiger partial charge in [0.1, 0.15) is 0 Å². The lowest BCUT2D eigenvalue weighted by Gasteiger charge is -2.26. The Bertz CT molecular complexity index is 433. The van der Waals surface area contributed by atoms with E-state index < -0.39 is 0 Å². The van der Waals surface area contributed by atoms with Crippen LogP contribution in [0, 0.1) is 11.8 Å². The van der Waals surface area contributed by atoms with Crippen molar-refractivity contribution in [1.82, 2.24) is 4.90 Å². The van der Waals surface area contributed by atoms with E-state index >= 15 is 0 Å². The minimum atomic E-state index is 0.129. The fraction of sp³-hybridized carbons (Fsp3) is 0.529. The first-order valence-electron chi connectivity index (χ1n) is 7.09. The SMILES string of the molecule is CCC(CSC)N(C)Cc1ccc(C#CCCO)cc1. The van der Waals surface area contributed by atoms with Gasteiger partial charge >= 0.3 is 0 Å². The molecule has 0 aliphatic rings. The third kappa shape index (κ3) is 6.00. The molecule has 1 aromatic carbocycles. The first-order valence-corrected chi connectivity index (χ1v) is 8.48. The molecule has 1 rings (SSSR count). The van der Waals surface area contributed by atoms with Crippen molar-refractivity contribution >= 4 is 11.8 Å². The van der Waals surface area contributed by atoms with Crippen LogP contribution in [0.25, 0.3) is 0 Å². The van der Waals surface area contributed by atoms with Crippen molar-refractivity contribution in [2.75, 3.05) is 25.7 Å².